The molecule has 0 radical (unpaired) electrons. The van der Waals surface area contributed by atoms with E-state index in [1.807, 2.05) is 0 Å². The van der Waals surface area contributed by atoms with Gasteiger partial charge in [0.05, 0.1) is 18.9 Å². The molecule has 0 aliphatic rings. The van der Waals surface area contributed by atoms with Crippen LogP contribution >= 0.6 is 0 Å². The van der Waals surface area contributed by atoms with E-state index in [2.05, 4.69) is 36.0 Å². The van der Waals surface area contributed by atoms with Gasteiger partial charge in [0.1, 0.15) is 11.8 Å². The number of carbonyl (C=O) groups is 3. The van der Waals surface area contributed by atoms with Gasteiger partial charge in [-0.3, -0.25) is 19.0 Å². The number of aliphatic hydroxyl groups is 1. The predicted octanol–water partition coefficient (Wildman–Crippen LogP) is 13.1. The molecular formula is C53H100N4O7. The first-order chi connectivity index (χ1) is 31.2. The summed E-state index contributed by atoms with van der Waals surface area (Å²) in [5.74, 6) is -0.388. The number of aliphatic hydroxyl groups excluding tert-OH is 1. The highest BCUT2D eigenvalue weighted by molar-refractivity contribution is 5.92. The van der Waals surface area contributed by atoms with E-state index in [0.29, 0.717) is 44.7 Å². The standard InChI is InChI=1S/C53H100N4O7/c1-5-8-11-14-17-18-19-25-35-44-63-50(59)39-30-26-34-43-57(46-47(58)36-31-32-41-54-52(61)49-45-55-53(62)56(49)4)42-33-24-20-23-29-40-51(60)64-48(37-27-21-15-12-9-6-2)38-28-22-16-13-10-7-3/h45,47-48,58H,5-44,46H2,1-4H3,(H,54,61)(H,55,62). The van der Waals surface area contributed by atoms with E-state index in [9.17, 15) is 24.6 Å². The molecule has 0 aromatic carbocycles. The molecule has 1 amide bonds. The molecular weight excluding hydrogens is 805 g/mol. The van der Waals surface area contributed by atoms with Crippen molar-refractivity contribution in [2.75, 3.05) is 32.8 Å². The average Bonchev–Trinajstić information content (AvgIpc) is 3.62. The summed E-state index contributed by atoms with van der Waals surface area (Å²) >= 11 is 0. The van der Waals surface area contributed by atoms with Gasteiger partial charge in [0.15, 0.2) is 0 Å². The number of imidazole rings is 1. The van der Waals surface area contributed by atoms with Gasteiger partial charge in [-0.25, -0.2) is 4.98 Å². The van der Waals surface area contributed by atoms with Crippen LogP contribution in [0.1, 0.15) is 262 Å². The van der Waals surface area contributed by atoms with Gasteiger partial charge in [-0.2, -0.15) is 0 Å². The van der Waals surface area contributed by atoms with Crippen molar-refractivity contribution in [1.29, 1.82) is 0 Å². The summed E-state index contributed by atoms with van der Waals surface area (Å²) < 4.78 is 12.9. The van der Waals surface area contributed by atoms with Gasteiger partial charge in [0, 0.05) is 33.0 Å². The molecule has 11 nitrogen and oxygen atoms in total. The molecule has 0 saturated heterocycles. The lowest BCUT2D eigenvalue weighted by atomic mass is 10.0. The van der Waals surface area contributed by atoms with Gasteiger partial charge in [0.2, 0.25) is 0 Å². The zero-order chi connectivity index (χ0) is 46.7. The van der Waals surface area contributed by atoms with Crippen LogP contribution in [-0.2, 0) is 26.1 Å². The molecule has 374 valence electrons. The number of hydrogen-bond donors (Lipinski definition) is 3. The second kappa shape index (κ2) is 42.9. The van der Waals surface area contributed by atoms with Gasteiger partial charge in [-0.05, 0) is 90.1 Å². The monoisotopic (exact) mass is 905 g/mol. The Labute approximate surface area is 392 Å². The molecule has 1 aromatic rings. The summed E-state index contributed by atoms with van der Waals surface area (Å²) in [5.41, 5.74) is 0.308. The minimum atomic E-state index is -0.460. The van der Waals surface area contributed by atoms with Gasteiger partial charge >= 0.3 is 11.9 Å². The van der Waals surface area contributed by atoms with Crippen LogP contribution in [-0.4, -0.2) is 87.5 Å². The Kier molecular flexibility index (Phi) is 39.8. The summed E-state index contributed by atoms with van der Waals surface area (Å²) in [6.07, 6.45) is 40.3. The van der Waals surface area contributed by atoms with E-state index in [4.69, 9.17) is 9.47 Å². The molecule has 1 rings (SSSR count). The zero-order valence-electron chi connectivity index (χ0n) is 42.0. The third-order valence-electron chi connectivity index (χ3n) is 12.7. The number of unbranched alkanes of at least 4 members (excludes halogenated alkanes) is 25. The normalized spacial score (nSPS) is 12.0. The number of nitrogens with one attached hydrogen (secondary N) is 1. The summed E-state index contributed by atoms with van der Waals surface area (Å²) in [6, 6.07) is -0.196. The number of nitrogens with zero attached hydrogens (tertiary/aromatic N) is 3. The molecule has 1 heterocycles. The van der Waals surface area contributed by atoms with Crippen molar-refractivity contribution >= 4 is 17.8 Å². The maximum absolute atomic E-state index is 12.9. The lowest BCUT2D eigenvalue weighted by molar-refractivity contribution is -0.150. The molecule has 3 N–H and O–H groups in total. The first kappa shape index (κ1) is 59.4. The zero-order valence-corrected chi connectivity index (χ0v) is 42.0. The van der Waals surface area contributed by atoms with E-state index in [-0.39, 0.29) is 30.0 Å². The number of aromatic nitrogens is 2. The SMILES string of the molecule is CCCCCCCCCCCOC(=O)CCCCCN(CCCCCCCC(=O)OC(CCCCCCCC)CCCCCCCC)CC(O)CCCCNC(=O)c1cnc(O)n1C. The van der Waals surface area contributed by atoms with Crippen LogP contribution in [0, 0.1) is 0 Å². The number of carbonyl (C=O) groups excluding carboxylic acids is 3. The minimum Gasteiger partial charge on any atom is -0.480 e. The highest BCUT2D eigenvalue weighted by atomic mass is 16.5. The van der Waals surface area contributed by atoms with Crippen molar-refractivity contribution in [1.82, 2.24) is 19.8 Å². The maximum Gasteiger partial charge on any atom is 0.306 e. The van der Waals surface area contributed by atoms with E-state index in [0.717, 1.165) is 116 Å². The summed E-state index contributed by atoms with van der Waals surface area (Å²) in [7, 11) is 1.59. The second-order valence-corrected chi connectivity index (χ2v) is 18.8. The van der Waals surface area contributed by atoms with E-state index in [1.54, 1.807) is 7.05 Å². The Bertz CT molecular complexity index is 1230. The molecule has 0 aliphatic heterocycles. The number of rotatable bonds is 47. The van der Waals surface area contributed by atoms with Crippen molar-refractivity contribution in [3.63, 3.8) is 0 Å². The van der Waals surface area contributed by atoms with Crippen LogP contribution < -0.4 is 5.32 Å². The molecule has 1 aromatic heterocycles. The van der Waals surface area contributed by atoms with Crippen molar-refractivity contribution in [2.45, 2.75) is 264 Å². The van der Waals surface area contributed by atoms with Crippen LogP contribution in [0.5, 0.6) is 6.01 Å². The molecule has 0 aliphatic carbocycles. The van der Waals surface area contributed by atoms with Crippen LogP contribution in [0.3, 0.4) is 0 Å². The second-order valence-electron chi connectivity index (χ2n) is 18.8. The smallest absolute Gasteiger partial charge is 0.306 e. The van der Waals surface area contributed by atoms with Crippen LogP contribution in [0.2, 0.25) is 0 Å². The van der Waals surface area contributed by atoms with Crippen LogP contribution in [0.15, 0.2) is 6.20 Å². The molecule has 1 atom stereocenters. The molecule has 0 fully saturated rings. The number of esters is 2. The van der Waals surface area contributed by atoms with Crippen molar-refractivity contribution in [3.05, 3.63) is 11.9 Å². The topological polar surface area (TPSA) is 143 Å². The molecule has 64 heavy (non-hydrogen) atoms. The Balaban J connectivity index is 2.44. The highest BCUT2D eigenvalue weighted by Crippen LogP contribution is 2.19. The fourth-order valence-electron chi connectivity index (χ4n) is 8.49. The number of ether oxygens (including phenoxy) is 2. The van der Waals surface area contributed by atoms with Crippen LogP contribution in [0.25, 0.3) is 0 Å². The Morgan fingerprint density at radius 2 is 1.06 bits per heavy atom. The van der Waals surface area contributed by atoms with Gasteiger partial charge in [-0.1, -0.05) is 162 Å². The number of hydrogen-bond acceptors (Lipinski definition) is 9. The summed E-state index contributed by atoms with van der Waals surface area (Å²) in [4.78, 5) is 43.8. The van der Waals surface area contributed by atoms with Crippen molar-refractivity contribution in [3.8, 4) is 6.01 Å². The first-order valence-electron chi connectivity index (χ1n) is 27.0. The number of aromatic hydroxyl groups is 1. The molecule has 0 bridgehead atoms. The molecule has 1 unspecified atom stereocenters. The summed E-state index contributed by atoms with van der Waals surface area (Å²) in [5, 5.41) is 23.5. The van der Waals surface area contributed by atoms with Gasteiger partial charge in [-0.15, -0.1) is 0 Å². The van der Waals surface area contributed by atoms with Gasteiger partial charge < -0.3 is 29.9 Å². The fourth-order valence-corrected chi connectivity index (χ4v) is 8.49. The first-order valence-corrected chi connectivity index (χ1v) is 27.0. The Hall–Kier alpha value is -2.66. The third kappa shape index (κ3) is 34.7. The van der Waals surface area contributed by atoms with Gasteiger partial charge in [0.25, 0.3) is 11.9 Å². The maximum atomic E-state index is 12.9. The largest absolute Gasteiger partial charge is 0.480 e. The quantitative estimate of drug-likeness (QED) is 0.0430. The molecule has 0 spiro atoms. The van der Waals surface area contributed by atoms with E-state index < -0.39 is 6.10 Å². The Morgan fingerprint density at radius 1 is 0.609 bits per heavy atom. The molecule has 11 heteroatoms. The van der Waals surface area contributed by atoms with E-state index in [1.165, 1.54) is 120 Å². The Morgan fingerprint density at radius 3 is 1.59 bits per heavy atom. The highest BCUT2D eigenvalue weighted by Gasteiger charge is 2.16. The minimum absolute atomic E-state index is 0.0229. The lowest BCUT2D eigenvalue weighted by Crippen LogP contribution is -2.34. The van der Waals surface area contributed by atoms with Crippen molar-refractivity contribution < 1.29 is 34.1 Å². The fraction of sp³-hybridized carbons (Fsp3) is 0.887. The summed E-state index contributed by atoms with van der Waals surface area (Å²) in [6.45, 7) is 10.2. The predicted molar refractivity (Wildman–Crippen MR) is 264 cm³/mol. The lowest BCUT2D eigenvalue weighted by Gasteiger charge is -2.25. The molecule has 0 saturated carbocycles. The van der Waals surface area contributed by atoms with Crippen molar-refractivity contribution in [2.24, 2.45) is 7.05 Å². The average molecular weight is 905 g/mol. The number of amides is 1. The van der Waals surface area contributed by atoms with Crippen LogP contribution in [0.4, 0.5) is 0 Å². The van der Waals surface area contributed by atoms with E-state index >= 15 is 0 Å². The third-order valence-corrected chi connectivity index (χ3v) is 12.7.